The molecule has 0 bridgehead atoms. The molecule has 1 atom stereocenters. The van der Waals surface area contributed by atoms with Crippen LogP contribution in [-0.2, 0) is 4.79 Å². The van der Waals surface area contributed by atoms with E-state index in [2.05, 4.69) is 10.3 Å². The van der Waals surface area contributed by atoms with Gasteiger partial charge < -0.3 is 10.2 Å². The second kappa shape index (κ2) is 5.79. The van der Waals surface area contributed by atoms with E-state index in [1.54, 1.807) is 12.4 Å². The lowest BCUT2D eigenvalue weighted by atomic mass is 9.74. The third kappa shape index (κ3) is 2.49. The quantitative estimate of drug-likeness (QED) is 0.927. The number of benzene rings is 1. The number of amides is 2. The molecule has 26 heavy (non-hydrogen) atoms. The number of nitrogens with one attached hydrogen (secondary N) is 1. The van der Waals surface area contributed by atoms with Crippen molar-refractivity contribution in [1.82, 2.24) is 15.2 Å². The van der Waals surface area contributed by atoms with Crippen molar-refractivity contribution in [2.45, 2.75) is 38.1 Å². The van der Waals surface area contributed by atoms with E-state index < -0.39 is 0 Å². The number of carbonyl (C=O) groups is 2. The van der Waals surface area contributed by atoms with Gasteiger partial charge in [0.2, 0.25) is 5.91 Å². The highest BCUT2D eigenvalue weighted by molar-refractivity contribution is 6.06. The van der Waals surface area contributed by atoms with Crippen LogP contribution in [0.2, 0.25) is 0 Å². The molecular formula is C21H23N3O2. The summed E-state index contributed by atoms with van der Waals surface area (Å²) in [6, 6.07) is 8.00. The maximum absolute atomic E-state index is 12.9. The van der Waals surface area contributed by atoms with Crippen molar-refractivity contribution >= 4 is 22.6 Å². The number of carbonyl (C=O) groups excluding carboxylic acids is 2. The highest BCUT2D eigenvalue weighted by Crippen LogP contribution is 2.47. The van der Waals surface area contributed by atoms with Crippen molar-refractivity contribution in [3.63, 3.8) is 0 Å². The van der Waals surface area contributed by atoms with E-state index in [1.165, 1.54) is 0 Å². The van der Waals surface area contributed by atoms with Crippen LogP contribution in [0.1, 0.15) is 42.5 Å². The number of rotatable bonds is 3. The van der Waals surface area contributed by atoms with Crippen LogP contribution in [0, 0.1) is 11.3 Å². The van der Waals surface area contributed by atoms with Crippen molar-refractivity contribution in [3.05, 3.63) is 42.2 Å². The second-order valence-electron chi connectivity index (χ2n) is 8.16. The van der Waals surface area contributed by atoms with Gasteiger partial charge in [-0.15, -0.1) is 0 Å². The lowest BCUT2D eigenvalue weighted by Gasteiger charge is -2.51. The Kier molecular flexibility index (Phi) is 3.52. The highest BCUT2D eigenvalue weighted by Gasteiger charge is 2.54. The van der Waals surface area contributed by atoms with E-state index in [1.807, 2.05) is 29.2 Å². The largest absolute Gasteiger partial charge is 0.349 e. The average Bonchev–Trinajstić information content (AvgIpc) is 3.40. The molecule has 5 heteroatoms. The van der Waals surface area contributed by atoms with Gasteiger partial charge in [0.25, 0.3) is 5.91 Å². The van der Waals surface area contributed by atoms with Crippen LogP contribution in [0.3, 0.4) is 0 Å². The molecule has 1 unspecified atom stereocenters. The van der Waals surface area contributed by atoms with E-state index in [9.17, 15) is 9.59 Å². The molecule has 3 aliphatic rings. The summed E-state index contributed by atoms with van der Waals surface area (Å²) in [6.07, 6.45) is 8.76. The van der Waals surface area contributed by atoms with Gasteiger partial charge in [0.05, 0.1) is 5.56 Å². The van der Waals surface area contributed by atoms with Crippen LogP contribution in [-0.4, -0.2) is 40.8 Å². The number of hydrogen-bond donors (Lipinski definition) is 1. The predicted octanol–water partition coefficient (Wildman–Crippen LogP) is 2.76. The lowest BCUT2D eigenvalue weighted by molar-refractivity contribution is -0.145. The molecule has 3 fully saturated rings. The third-order valence-electron chi connectivity index (χ3n) is 6.37. The Labute approximate surface area is 152 Å². The monoisotopic (exact) mass is 349 g/mol. The zero-order valence-electron chi connectivity index (χ0n) is 14.8. The van der Waals surface area contributed by atoms with Gasteiger partial charge in [-0.05, 0) is 31.1 Å². The highest BCUT2D eigenvalue weighted by atomic mass is 16.2. The van der Waals surface area contributed by atoms with Gasteiger partial charge in [0.15, 0.2) is 0 Å². The van der Waals surface area contributed by atoms with Crippen molar-refractivity contribution in [2.75, 3.05) is 13.1 Å². The zero-order chi connectivity index (χ0) is 17.7. The molecule has 2 saturated carbocycles. The molecule has 1 aromatic carbocycles. The molecule has 1 saturated heterocycles. The fraction of sp³-hybridized carbons (Fsp3) is 0.476. The molecule has 1 spiro atoms. The Morgan fingerprint density at radius 1 is 1.12 bits per heavy atom. The molecular weight excluding hydrogens is 326 g/mol. The number of likely N-dealkylation sites (tertiary alicyclic amines) is 1. The van der Waals surface area contributed by atoms with Crippen LogP contribution in [0.15, 0.2) is 36.7 Å². The maximum atomic E-state index is 12.9. The van der Waals surface area contributed by atoms with Crippen LogP contribution < -0.4 is 5.32 Å². The summed E-state index contributed by atoms with van der Waals surface area (Å²) in [7, 11) is 0. The van der Waals surface area contributed by atoms with E-state index >= 15 is 0 Å². The van der Waals surface area contributed by atoms with Crippen molar-refractivity contribution < 1.29 is 9.59 Å². The van der Waals surface area contributed by atoms with E-state index in [-0.39, 0.29) is 23.3 Å². The zero-order valence-corrected chi connectivity index (χ0v) is 14.8. The average molecular weight is 349 g/mol. The van der Waals surface area contributed by atoms with Crippen molar-refractivity contribution in [3.8, 4) is 0 Å². The Hall–Kier alpha value is -2.43. The fourth-order valence-corrected chi connectivity index (χ4v) is 4.73. The van der Waals surface area contributed by atoms with Crippen LogP contribution >= 0.6 is 0 Å². The summed E-state index contributed by atoms with van der Waals surface area (Å²) in [5, 5.41) is 5.18. The third-order valence-corrected chi connectivity index (χ3v) is 6.37. The Morgan fingerprint density at radius 3 is 2.73 bits per heavy atom. The lowest BCUT2D eigenvalue weighted by Crippen LogP contribution is -2.65. The van der Waals surface area contributed by atoms with Gasteiger partial charge in [-0.3, -0.25) is 14.6 Å². The standard InChI is InChI=1S/C21H23N3O2/c25-19(17-11-22-10-15-4-1-2-5-16(15)17)23-18-6-3-9-21(18)12-24(13-21)20(26)14-7-8-14/h1-2,4-5,10-11,14,18H,3,6-9,12-13H2,(H,23,25). The van der Waals surface area contributed by atoms with Crippen molar-refractivity contribution in [2.24, 2.45) is 11.3 Å². The Morgan fingerprint density at radius 2 is 1.92 bits per heavy atom. The van der Waals surface area contributed by atoms with E-state index in [0.717, 1.165) is 56.0 Å². The molecule has 5 nitrogen and oxygen atoms in total. The van der Waals surface area contributed by atoms with Gasteiger partial charge in [-0.1, -0.05) is 30.7 Å². The first-order valence-corrected chi connectivity index (χ1v) is 9.59. The summed E-state index contributed by atoms with van der Waals surface area (Å²) in [5.41, 5.74) is 0.716. The number of aromatic nitrogens is 1. The van der Waals surface area contributed by atoms with Gasteiger partial charge in [-0.2, -0.15) is 0 Å². The predicted molar refractivity (Wildman–Crippen MR) is 98.6 cm³/mol. The number of hydrogen-bond acceptors (Lipinski definition) is 3. The van der Waals surface area contributed by atoms with Gasteiger partial charge >= 0.3 is 0 Å². The SMILES string of the molecule is O=C(NC1CCCC12CN(C(=O)C1CC1)C2)c1cncc2ccccc12. The molecule has 2 aliphatic carbocycles. The minimum atomic E-state index is -0.0486. The van der Waals surface area contributed by atoms with Gasteiger partial charge in [0, 0.05) is 48.2 Å². The molecule has 134 valence electrons. The Balaban J connectivity index is 1.32. The number of fused-ring (bicyclic) bond motifs is 1. The minimum absolute atomic E-state index is 0.0486. The Bertz CT molecular complexity index is 878. The normalized spacial score (nSPS) is 23.8. The summed E-state index contributed by atoms with van der Waals surface area (Å²) in [4.78, 5) is 31.4. The topological polar surface area (TPSA) is 62.3 Å². The first-order valence-electron chi connectivity index (χ1n) is 9.59. The second-order valence-corrected chi connectivity index (χ2v) is 8.16. The van der Waals surface area contributed by atoms with Crippen LogP contribution in [0.5, 0.6) is 0 Å². The number of nitrogens with zero attached hydrogens (tertiary/aromatic N) is 2. The summed E-state index contributed by atoms with van der Waals surface area (Å²) in [6.45, 7) is 1.61. The molecule has 2 aromatic rings. The minimum Gasteiger partial charge on any atom is -0.349 e. The maximum Gasteiger partial charge on any atom is 0.253 e. The van der Waals surface area contributed by atoms with Gasteiger partial charge in [0.1, 0.15) is 0 Å². The fourth-order valence-electron chi connectivity index (χ4n) is 4.73. The summed E-state index contributed by atoms with van der Waals surface area (Å²) in [5.74, 6) is 0.557. The molecule has 1 aliphatic heterocycles. The first kappa shape index (κ1) is 15.8. The van der Waals surface area contributed by atoms with Crippen molar-refractivity contribution in [1.29, 1.82) is 0 Å². The molecule has 5 rings (SSSR count). The molecule has 1 N–H and O–H groups in total. The van der Waals surface area contributed by atoms with Gasteiger partial charge in [-0.25, -0.2) is 0 Å². The molecule has 0 radical (unpaired) electrons. The van der Waals surface area contributed by atoms with Crippen LogP contribution in [0.25, 0.3) is 10.8 Å². The smallest absolute Gasteiger partial charge is 0.253 e. The van der Waals surface area contributed by atoms with Crippen LogP contribution in [0.4, 0.5) is 0 Å². The molecule has 2 heterocycles. The van der Waals surface area contributed by atoms with E-state index in [0.29, 0.717) is 11.5 Å². The molecule has 1 aromatic heterocycles. The summed E-state index contributed by atoms with van der Waals surface area (Å²) >= 11 is 0. The first-order chi connectivity index (χ1) is 12.7. The summed E-state index contributed by atoms with van der Waals surface area (Å²) < 4.78 is 0. The number of pyridine rings is 1. The molecule has 2 amide bonds. The van der Waals surface area contributed by atoms with E-state index in [4.69, 9.17) is 0 Å².